The van der Waals surface area contributed by atoms with Gasteiger partial charge in [0.2, 0.25) is 0 Å². The molecule has 1 atom stereocenters. The predicted molar refractivity (Wildman–Crippen MR) is 53.1 cm³/mol. The summed E-state index contributed by atoms with van der Waals surface area (Å²) < 4.78 is 94.0. The van der Waals surface area contributed by atoms with Crippen molar-refractivity contribution in [3.05, 3.63) is 42.3 Å². The smallest absolute Gasteiger partial charge is 0.0844 e. The Hall–Kier alpha value is -1.31. The number of allylic oxidation sites excluding steroid dienone is 1. The van der Waals surface area contributed by atoms with Crippen molar-refractivity contribution in [1.82, 2.24) is 9.88 Å². The molecule has 1 aliphatic heterocycles. The number of nitrogens with zero attached hydrogens (tertiary/aromatic N) is 2. The maximum Gasteiger partial charge on any atom is 0.0844 e. The number of likely N-dealkylation sites (tertiary alicyclic amines) is 1. The second kappa shape index (κ2) is 3.21. The molecule has 2 heterocycles. The summed E-state index contributed by atoms with van der Waals surface area (Å²) in [6, 6.07) is -4.86. The molecule has 0 N–H and O–H groups in total. The van der Waals surface area contributed by atoms with Crippen LogP contribution in [0.3, 0.4) is 0 Å². The molecule has 0 saturated carbocycles. The maximum atomic E-state index is 8.54. The summed E-state index contributed by atoms with van der Waals surface area (Å²) in [5.41, 5.74) is -1.75. The van der Waals surface area contributed by atoms with E-state index in [1.807, 2.05) is 0 Å². The van der Waals surface area contributed by atoms with Crippen LogP contribution in [0.4, 0.5) is 0 Å². The summed E-state index contributed by atoms with van der Waals surface area (Å²) in [7, 11) is 0. The molecule has 0 aromatic carbocycles. The Balaban J connectivity index is 2.98. The van der Waals surface area contributed by atoms with Gasteiger partial charge >= 0.3 is 0 Å². The van der Waals surface area contributed by atoms with E-state index in [4.69, 9.17) is 16.4 Å². The summed E-state index contributed by atoms with van der Waals surface area (Å²) in [4.78, 5) is 3.46. The molecule has 1 fully saturated rings. The quantitative estimate of drug-likeness (QED) is 0.669. The summed E-state index contributed by atoms with van der Waals surface area (Å²) in [6.07, 6.45) is -7.94. The van der Waals surface area contributed by atoms with Crippen molar-refractivity contribution in [3.63, 3.8) is 0 Å². The van der Waals surface area contributed by atoms with Crippen molar-refractivity contribution in [3.8, 4) is 0 Å². The highest BCUT2D eigenvalue weighted by Gasteiger charge is 2.24. The minimum absolute atomic E-state index is 0.107. The van der Waals surface area contributed by atoms with E-state index < -0.39 is 61.4 Å². The molecule has 1 aliphatic rings. The lowest BCUT2D eigenvalue weighted by molar-refractivity contribution is 0.361. The van der Waals surface area contributed by atoms with Gasteiger partial charge < -0.3 is 4.90 Å². The highest BCUT2D eigenvalue weighted by Crippen LogP contribution is 2.35. The van der Waals surface area contributed by atoms with Gasteiger partial charge in [0.1, 0.15) is 0 Å². The van der Waals surface area contributed by atoms with E-state index in [1.54, 1.807) is 0 Å². The lowest BCUT2D eigenvalue weighted by Crippen LogP contribution is -2.15. The Kier molecular flexibility index (Phi) is 0.541. The second-order valence-corrected chi connectivity index (χ2v) is 2.34. The fraction of sp³-hybridized carbons (Fsp3) is 0.364. The van der Waals surface area contributed by atoms with E-state index in [2.05, 4.69) is 11.6 Å². The molecule has 0 spiro atoms. The first-order chi connectivity index (χ1) is 11.0. The van der Waals surface area contributed by atoms with Crippen LogP contribution in [0, 0.1) is 0 Å². The average molecular weight is 186 g/mol. The normalized spacial score (nSPS) is 50.2. The first-order valence-corrected chi connectivity index (χ1v) is 3.47. The maximum absolute atomic E-state index is 8.54. The van der Waals surface area contributed by atoms with E-state index in [-0.39, 0.29) is 4.90 Å². The second-order valence-electron chi connectivity index (χ2n) is 2.34. The van der Waals surface area contributed by atoms with E-state index >= 15 is 0 Å². The summed E-state index contributed by atoms with van der Waals surface area (Å²) in [5, 5.41) is 0. The zero-order chi connectivity index (χ0) is 19.7. The average Bonchev–Trinajstić information content (AvgIpc) is 2.52. The zero-order valence-electron chi connectivity index (χ0n) is 18.6. The molecule has 2 nitrogen and oxygen atoms in total. The highest BCUT2D eigenvalue weighted by atomic mass is 15.2. The molecular weight excluding hydrogens is 160 g/mol. The van der Waals surface area contributed by atoms with Crippen molar-refractivity contribution >= 4 is 0 Å². The first kappa shape index (κ1) is 2.19. The fourth-order valence-electron chi connectivity index (χ4n) is 0.895. The molecule has 1 saturated heterocycles. The van der Waals surface area contributed by atoms with Crippen LogP contribution in [-0.2, 0) is 0 Å². The minimum atomic E-state index is -3.24. The molecule has 0 unspecified atom stereocenters. The third-order valence-electron chi connectivity index (χ3n) is 1.52. The van der Waals surface area contributed by atoms with Gasteiger partial charge in [-0.2, -0.15) is 0 Å². The number of hydrogen-bond acceptors (Lipinski definition) is 2. The molecule has 68 valence electrons. The van der Waals surface area contributed by atoms with Crippen LogP contribution in [0.1, 0.15) is 40.8 Å². The van der Waals surface area contributed by atoms with Crippen LogP contribution in [0.25, 0.3) is 0 Å². The first-order valence-electron chi connectivity index (χ1n) is 9.47. The van der Waals surface area contributed by atoms with Crippen LogP contribution in [-0.4, -0.2) is 16.9 Å². The van der Waals surface area contributed by atoms with Gasteiger partial charge in [-0.05, 0) is 24.4 Å². The van der Waals surface area contributed by atoms with Crippen LogP contribution >= 0.6 is 0 Å². The monoisotopic (exact) mass is 186 g/mol. The van der Waals surface area contributed by atoms with Crippen molar-refractivity contribution < 1.29 is 16.4 Å². The Labute approximate surface area is 95.8 Å². The van der Waals surface area contributed by atoms with E-state index in [9.17, 15) is 0 Å². The molecule has 1 aromatic heterocycles. The van der Waals surface area contributed by atoms with Crippen LogP contribution in [0.15, 0.2) is 36.7 Å². The van der Waals surface area contributed by atoms with Crippen molar-refractivity contribution in [1.29, 1.82) is 0 Å². The summed E-state index contributed by atoms with van der Waals surface area (Å²) in [5.74, 6) is 0. The van der Waals surface area contributed by atoms with Gasteiger partial charge in [0, 0.05) is 34.6 Å². The number of pyridine rings is 1. The van der Waals surface area contributed by atoms with Gasteiger partial charge in [-0.25, -0.2) is 0 Å². The fourth-order valence-corrected chi connectivity index (χ4v) is 0.895. The van der Waals surface area contributed by atoms with Gasteiger partial charge in [0.15, 0.2) is 0 Å². The highest BCUT2D eigenvalue weighted by molar-refractivity contribution is 5.19. The molecule has 0 radical (unpaired) electrons. The molecule has 2 rings (SSSR count). The van der Waals surface area contributed by atoms with Crippen molar-refractivity contribution in [2.24, 2.45) is 0 Å². The minimum Gasteiger partial charge on any atom is -0.371 e. The Morgan fingerprint density at radius 3 is 3.77 bits per heavy atom. The van der Waals surface area contributed by atoms with Crippen LogP contribution in [0.5, 0.6) is 0 Å². The third kappa shape index (κ3) is 1.44. The van der Waals surface area contributed by atoms with E-state index in [0.29, 0.717) is 0 Å². The lowest BCUT2D eigenvalue weighted by Gasteiger charge is -2.22. The Morgan fingerprint density at radius 1 is 2.00 bits per heavy atom. The van der Waals surface area contributed by atoms with E-state index in [1.165, 1.54) is 0 Å². The largest absolute Gasteiger partial charge is 0.371 e. The zero-order valence-corrected chi connectivity index (χ0v) is 6.60. The Morgan fingerprint density at radius 2 is 2.92 bits per heavy atom. The summed E-state index contributed by atoms with van der Waals surface area (Å²) in [6.45, 7) is 0.0633. The third-order valence-corrected chi connectivity index (χ3v) is 1.52. The van der Waals surface area contributed by atoms with Crippen LogP contribution in [0.2, 0.25) is 0 Å². The number of hydrogen-bond donors (Lipinski definition) is 0. The number of aromatic nitrogens is 1. The molecule has 0 amide bonds. The van der Waals surface area contributed by atoms with Gasteiger partial charge in [-0.15, -0.1) is 0 Å². The van der Waals surface area contributed by atoms with Crippen molar-refractivity contribution in [2.45, 2.75) is 18.8 Å². The standard InChI is InChI=1S/C11H14N2/c1-9-5-6-11(13(9)2)10-4-3-7-12-8-10/h3-4,7-8,11H,1,5-6H2,2H3/t11-/m0/s1/i2D3,3D,4D,5D2,6D2,7D,8D,11D. The molecule has 0 aliphatic carbocycles. The molecule has 13 heavy (non-hydrogen) atoms. The van der Waals surface area contributed by atoms with Gasteiger partial charge in [0.05, 0.1) is 12.9 Å². The Bertz CT molecular complexity index is 754. The van der Waals surface area contributed by atoms with E-state index in [0.717, 1.165) is 0 Å². The molecule has 2 heteroatoms. The van der Waals surface area contributed by atoms with Crippen LogP contribution < -0.4 is 0 Å². The number of rotatable bonds is 1. The topological polar surface area (TPSA) is 16.1 Å². The van der Waals surface area contributed by atoms with Gasteiger partial charge in [-0.3, -0.25) is 4.98 Å². The lowest BCUT2D eigenvalue weighted by atomic mass is 10.1. The molecule has 1 aromatic rings. The summed E-state index contributed by atoms with van der Waals surface area (Å²) >= 11 is 0. The SMILES string of the molecule is [2H]c1nc([2H])c([C@@]2([2H])N(C([2H])([2H])[2H])C(=C)C([2H])([2H])C2([2H])[2H])c([2H])c1[2H]. The molecule has 0 bridgehead atoms. The predicted octanol–water partition coefficient (Wildman–Crippen LogP) is 2.36. The van der Waals surface area contributed by atoms with Gasteiger partial charge in [-0.1, -0.05) is 12.6 Å². The van der Waals surface area contributed by atoms with Crippen molar-refractivity contribution in [2.75, 3.05) is 6.98 Å². The van der Waals surface area contributed by atoms with Gasteiger partial charge in [0.25, 0.3) is 0 Å². The molecular formula is C11H14N2.